The number of nitrogens with one attached hydrogen (secondary N) is 1. The average Bonchev–Trinajstić information content (AvgIpc) is 2.84. The third kappa shape index (κ3) is 8.00. The summed E-state index contributed by atoms with van der Waals surface area (Å²) >= 11 is 0. The molecule has 1 atom stereocenters. The van der Waals surface area contributed by atoms with Crippen LogP contribution < -0.4 is 5.32 Å². The molecule has 0 aromatic rings. The molecule has 0 radical (unpaired) electrons. The van der Waals surface area contributed by atoms with E-state index in [4.69, 9.17) is 4.74 Å². The molecule has 1 heterocycles. The van der Waals surface area contributed by atoms with Crippen LogP contribution in [0.25, 0.3) is 0 Å². The topological polar surface area (TPSA) is 55.4 Å². The monoisotopic (exact) mass is 321 g/mol. The number of allylic oxidation sites excluding steroid dienone is 3. The van der Waals surface area contributed by atoms with Crippen LogP contribution in [-0.4, -0.2) is 17.8 Å². The maximum absolute atomic E-state index is 12.0. The fourth-order valence-electron chi connectivity index (χ4n) is 2.58. The standard InChI is InChI=1S/C19H31NO3/c1-4-6-8-9-10-11-15(3)13-16(21)14-18-20-19(22)17(23-18)12-7-5-2/h13-14,17H,4-12H2,1-3H3,(H,20,22)/b15-13+,18-14+/t17-/m0/s1. The van der Waals surface area contributed by atoms with Crippen molar-refractivity contribution in [2.45, 2.75) is 84.7 Å². The molecule has 1 rings (SSSR count). The Balaban J connectivity index is 2.39. The minimum Gasteiger partial charge on any atom is -0.465 e. The third-order valence-electron chi connectivity index (χ3n) is 3.96. The molecule has 1 fully saturated rings. The first kappa shape index (κ1) is 19.5. The molecule has 130 valence electrons. The molecule has 1 aliphatic heterocycles. The van der Waals surface area contributed by atoms with E-state index in [1.807, 2.05) is 6.92 Å². The fraction of sp³-hybridized carbons (Fsp3) is 0.684. The van der Waals surface area contributed by atoms with Crippen molar-refractivity contribution in [3.63, 3.8) is 0 Å². The number of ether oxygens (including phenoxy) is 1. The van der Waals surface area contributed by atoms with Gasteiger partial charge in [-0.25, -0.2) is 0 Å². The average molecular weight is 321 g/mol. The molecule has 0 aromatic heterocycles. The van der Waals surface area contributed by atoms with Crippen LogP contribution in [0.2, 0.25) is 0 Å². The van der Waals surface area contributed by atoms with Crippen molar-refractivity contribution < 1.29 is 14.3 Å². The number of carbonyl (C=O) groups excluding carboxylic acids is 2. The van der Waals surface area contributed by atoms with E-state index >= 15 is 0 Å². The van der Waals surface area contributed by atoms with Gasteiger partial charge in [0.05, 0.1) is 0 Å². The molecule has 0 unspecified atom stereocenters. The van der Waals surface area contributed by atoms with Gasteiger partial charge in [-0.2, -0.15) is 0 Å². The van der Waals surface area contributed by atoms with Crippen molar-refractivity contribution in [3.8, 4) is 0 Å². The highest BCUT2D eigenvalue weighted by molar-refractivity contribution is 6.00. The Kier molecular flexibility index (Phi) is 9.34. The molecule has 4 nitrogen and oxygen atoms in total. The summed E-state index contributed by atoms with van der Waals surface area (Å²) in [5, 5.41) is 2.63. The second kappa shape index (κ2) is 11.0. The predicted molar refractivity (Wildman–Crippen MR) is 92.8 cm³/mol. The summed E-state index contributed by atoms with van der Waals surface area (Å²) in [5.74, 6) is 0.0183. The minimum absolute atomic E-state index is 0.123. The number of carbonyl (C=O) groups is 2. The quantitative estimate of drug-likeness (QED) is 0.453. The summed E-state index contributed by atoms with van der Waals surface area (Å²) in [4.78, 5) is 23.7. The maximum Gasteiger partial charge on any atom is 0.267 e. The summed E-state index contributed by atoms with van der Waals surface area (Å²) < 4.78 is 5.50. The predicted octanol–water partition coefficient (Wildman–Crippen LogP) is 4.41. The van der Waals surface area contributed by atoms with E-state index in [1.54, 1.807) is 6.08 Å². The summed E-state index contributed by atoms with van der Waals surface area (Å²) in [6, 6.07) is 0. The first-order chi connectivity index (χ1) is 11.1. The summed E-state index contributed by atoms with van der Waals surface area (Å²) in [7, 11) is 0. The highest BCUT2D eigenvalue weighted by Crippen LogP contribution is 2.16. The van der Waals surface area contributed by atoms with Crippen LogP contribution in [0.4, 0.5) is 0 Å². The van der Waals surface area contributed by atoms with Crippen molar-refractivity contribution in [2.24, 2.45) is 0 Å². The lowest BCUT2D eigenvalue weighted by Crippen LogP contribution is -2.22. The summed E-state index contributed by atoms with van der Waals surface area (Å²) in [6.45, 7) is 6.26. The molecule has 0 bridgehead atoms. The van der Waals surface area contributed by atoms with Gasteiger partial charge in [-0.3, -0.25) is 14.9 Å². The van der Waals surface area contributed by atoms with Crippen molar-refractivity contribution in [2.75, 3.05) is 0 Å². The van der Waals surface area contributed by atoms with Crippen molar-refractivity contribution in [1.82, 2.24) is 5.32 Å². The van der Waals surface area contributed by atoms with E-state index in [0.717, 1.165) is 31.3 Å². The normalized spacial score (nSPS) is 19.8. The molecule has 0 spiro atoms. The molecule has 0 aliphatic carbocycles. The molecule has 4 heteroatoms. The lowest BCUT2D eigenvalue weighted by Gasteiger charge is -2.05. The van der Waals surface area contributed by atoms with Gasteiger partial charge in [0.15, 0.2) is 17.8 Å². The Morgan fingerprint density at radius 1 is 1.13 bits per heavy atom. The number of rotatable bonds is 11. The van der Waals surface area contributed by atoms with Crippen LogP contribution in [0.3, 0.4) is 0 Å². The van der Waals surface area contributed by atoms with Crippen molar-refractivity contribution in [3.05, 3.63) is 23.6 Å². The van der Waals surface area contributed by atoms with Gasteiger partial charge in [-0.05, 0) is 38.7 Å². The molecule has 1 amide bonds. The van der Waals surface area contributed by atoms with Gasteiger partial charge in [0.1, 0.15) is 0 Å². The third-order valence-corrected chi connectivity index (χ3v) is 3.96. The smallest absolute Gasteiger partial charge is 0.267 e. The van der Waals surface area contributed by atoms with E-state index in [9.17, 15) is 9.59 Å². The van der Waals surface area contributed by atoms with Crippen molar-refractivity contribution >= 4 is 11.7 Å². The lowest BCUT2D eigenvalue weighted by molar-refractivity contribution is -0.123. The second-order valence-electron chi connectivity index (χ2n) is 6.30. The molecule has 1 saturated heterocycles. The number of hydrogen-bond donors (Lipinski definition) is 1. The van der Waals surface area contributed by atoms with Crippen LogP contribution in [0.5, 0.6) is 0 Å². The van der Waals surface area contributed by atoms with Gasteiger partial charge in [-0.1, -0.05) is 51.5 Å². The van der Waals surface area contributed by atoms with E-state index in [1.165, 1.54) is 31.8 Å². The molecule has 0 saturated carbocycles. The Labute approximate surface area is 140 Å². The highest BCUT2D eigenvalue weighted by atomic mass is 16.5. The zero-order valence-electron chi connectivity index (χ0n) is 14.8. The van der Waals surface area contributed by atoms with Gasteiger partial charge < -0.3 is 4.74 Å². The first-order valence-electron chi connectivity index (χ1n) is 8.97. The number of amides is 1. The van der Waals surface area contributed by atoms with Gasteiger partial charge in [-0.15, -0.1) is 0 Å². The largest absolute Gasteiger partial charge is 0.465 e. The second-order valence-corrected chi connectivity index (χ2v) is 6.30. The molecular weight excluding hydrogens is 290 g/mol. The molecule has 1 N–H and O–H groups in total. The summed E-state index contributed by atoms with van der Waals surface area (Å²) in [5.41, 5.74) is 1.08. The maximum atomic E-state index is 12.0. The zero-order valence-corrected chi connectivity index (χ0v) is 14.8. The molecule has 1 aliphatic rings. The first-order valence-corrected chi connectivity index (χ1v) is 8.97. The van der Waals surface area contributed by atoms with Crippen LogP contribution >= 0.6 is 0 Å². The Hall–Kier alpha value is -1.58. The number of ketones is 1. The SMILES string of the molecule is CCCCCCC/C(C)=C/C(=O)/C=C1\NC(=O)[C@H](CCCC)O1. The Morgan fingerprint density at radius 3 is 2.52 bits per heavy atom. The summed E-state index contributed by atoms with van der Waals surface area (Å²) in [6.07, 6.45) is 12.3. The van der Waals surface area contributed by atoms with E-state index in [0.29, 0.717) is 6.42 Å². The van der Waals surface area contributed by atoms with Gasteiger partial charge in [0.25, 0.3) is 5.91 Å². The van der Waals surface area contributed by atoms with E-state index in [-0.39, 0.29) is 17.6 Å². The van der Waals surface area contributed by atoms with Crippen LogP contribution in [0.1, 0.15) is 78.6 Å². The molecule has 23 heavy (non-hydrogen) atoms. The fourth-order valence-corrected chi connectivity index (χ4v) is 2.58. The minimum atomic E-state index is -0.447. The Bertz CT molecular complexity index is 452. The molecule has 0 aromatic carbocycles. The van der Waals surface area contributed by atoms with Gasteiger partial charge in [0, 0.05) is 6.08 Å². The highest BCUT2D eigenvalue weighted by Gasteiger charge is 2.29. The van der Waals surface area contributed by atoms with Crippen LogP contribution in [-0.2, 0) is 14.3 Å². The van der Waals surface area contributed by atoms with E-state index in [2.05, 4.69) is 19.2 Å². The molecular formula is C19H31NO3. The number of hydrogen-bond acceptors (Lipinski definition) is 3. The van der Waals surface area contributed by atoms with Crippen LogP contribution in [0, 0.1) is 0 Å². The zero-order chi connectivity index (χ0) is 17.1. The number of unbranched alkanes of at least 4 members (excludes halogenated alkanes) is 5. The van der Waals surface area contributed by atoms with Gasteiger partial charge in [0.2, 0.25) is 0 Å². The van der Waals surface area contributed by atoms with Gasteiger partial charge >= 0.3 is 0 Å². The van der Waals surface area contributed by atoms with Crippen LogP contribution in [0.15, 0.2) is 23.6 Å². The van der Waals surface area contributed by atoms with E-state index < -0.39 is 6.10 Å². The van der Waals surface area contributed by atoms with Crippen molar-refractivity contribution in [1.29, 1.82) is 0 Å². The Morgan fingerprint density at radius 2 is 1.83 bits per heavy atom. The lowest BCUT2D eigenvalue weighted by atomic mass is 10.1.